The van der Waals surface area contributed by atoms with Crippen LogP contribution in [-0.4, -0.2) is 5.11 Å². The molecular formula is C12H9F5O3S. The maximum absolute atomic E-state index is 12.2. The van der Waals surface area contributed by atoms with Crippen LogP contribution in [0.5, 0.6) is 23.0 Å². The fourth-order valence-electron chi connectivity index (χ4n) is 1.42. The van der Waals surface area contributed by atoms with E-state index < -0.39 is 16.3 Å². The third-order valence-electron chi connectivity index (χ3n) is 2.13. The summed E-state index contributed by atoms with van der Waals surface area (Å²) in [6.07, 6.45) is 0. The average Bonchev–Trinajstić information content (AvgIpc) is 2.28. The summed E-state index contributed by atoms with van der Waals surface area (Å²) in [6.45, 7) is 0. The lowest BCUT2D eigenvalue weighted by Crippen LogP contribution is -2.13. The first-order chi connectivity index (χ1) is 9.40. The predicted molar refractivity (Wildman–Crippen MR) is 68.4 cm³/mol. The van der Waals surface area contributed by atoms with E-state index in [-0.39, 0.29) is 17.2 Å². The van der Waals surface area contributed by atoms with Crippen LogP contribution in [0.25, 0.3) is 0 Å². The Kier molecular flexibility index (Phi) is 3.02. The topological polar surface area (TPSA) is 38.7 Å². The van der Waals surface area contributed by atoms with E-state index in [4.69, 9.17) is 9.84 Å². The Labute approximate surface area is 116 Å². The molecule has 0 unspecified atom stereocenters. The van der Waals surface area contributed by atoms with Crippen molar-refractivity contribution in [3.05, 3.63) is 48.5 Å². The quantitative estimate of drug-likeness (QED) is 0.723. The summed E-state index contributed by atoms with van der Waals surface area (Å²) in [5, 5.41) is 9.07. The van der Waals surface area contributed by atoms with Gasteiger partial charge in [-0.15, -0.1) is 0 Å². The molecule has 0 fully saturated rings. The van der Waals surface area contributed by atoms with E-state index in [1.54, 1.807) is 0 Å². The Morgan fingerprint density at radius 2 is 1.33 bits per heavy atom. The zero-order chi connectivity index (χ0) is 15.8. The maximum Gasteiger partial charge on any atom is 0.435 e. The highest BCUT2D eigenvalue weighted by Gasteiger charge is 2.67. The second-order valence-electron chi connectivity index (χ2n) is 4.05. The van der Waals surface area contributed by atoms with Crippen LogP contribution in [0.1, 0.15) is 0 Å². The van der Waals surface area contributed by atoms with Crippen LogP contribution in [-0.2, 0) is 0 Å². The number of benzene rings is 2. The summed E-state index contributed by atoms with van der Waals surface area (Å²) in [4.78, 5) is 0. The fraction of sp³-hybridized carbons (Fsp3) is 0. The van der Waals surface area contributed by atoms with Gasteiger partial charge in [-0.3, -0.25) is 0 Å². The minimum Gasteiger partial charge on any atom is -0.508 e. The van der Waals surface area contributed by atoms with E-state index >= 15 is 0 Å². The molecule has 0 heterocycles. The fourth-order valence-corrected chi connectivity index (χ4v) is 1.89. The van der Waals surface area contributed by atoms with Gasteiger partial charge in [-0.25, -0.2) is 0 Å². The van der Waals surface area contributed by atoms with Gasteiger partial charge < -0.3 is 14.0 Å². The SMILES string of the molecule is Oc1ccc(Oc2cccc(OS(F)(F)(F)(F)F)c2)cc1. The van der Waals surface area contributed by atoms with Gasteiger partial charge in [0.2, 0.25) is 0 Å². The van der Waals surface area contributed by atoms with Gasteiger partial charge in [-0.2, -0.15) is 0 Å². The largest absolute Gasteiger partial charge is 0.508 e. The summed E-state index contributed by atoms with van der Waals surface area (Å²) < 4.78 is 69.2. The smallest absolute Gasteiger partial charge is 0.435 e. The zero-order valence-electron chi connectivity index (χ0n) is 10.2. The third-order valence-corrected chi connectivity index (χ3v) is 2.64. The van der Waals surface area contributed by atoms with Crippen molar-refractivity contribution in [1.82, 2.24) is 0 Å². The van der Waals surface area contributed by atoms with Gasteiger partial charge >= 0.3 is 10.5 Å². The minimum absolute atomic E-state index is 0.0275. The van der Waals surface area contributed by atoms with Crippen molar-refractivity contribution in [1.29, 1.82) is 0 Å². The Hall–Kier alpha value is -2.16. The van der Waals surface area contributed by atoms with E-state index in [1.165, 1.54) is 30.3 Å². The van der Waals surface area contributed by atoms with Crippen LogP contribution in [0.3, 0.4) is 0 Å². The first-order valence-electron chi connectivity index (χ1n) is 5.42. The number of phenols is 1. The summed E-state index contributed by atoms with van der Waals surface area (Å²) in [5.74, 6) is -1.02. The van der Waals surface area contributed by atoms with Crippen LogP contribution in [0.15, 0.2) is 48.5 Å². The van der Waals surface area contributed by atoms with Gasteiger partial charge in [0.1, 0.15) is 23.0 Å². The number of rotatable bonds is 4. The summed E-state index contributed by atoms with van der Waals surface area (Å²) in [7, 11) is -10.0. The molecule has 0 saturated carbocycles. The first-order valence-corrected chi connectivity index (χ1v) is 7.29. The Morgan fingerprint density at radius 3 is 1.90 bits per heavy atom. The Morgan fingerprint density at radius 1 is 0.762 bits per heavy atom. The van der Waals surface area contributed by atoms with Crippen molar-refractivity contribution < 1.29 is 33.5 Å². The molecule has 0 aromatic heterocycles. The van der Waals surface area contributed by atoms with Crippen molar-refractivity contribution in [3.8, 4) is 23.0 Å². The number of halogens is 5. The monoisotopic (exact) mass is 328 g/mol. The highest BCUT2D eigenvalue weighted by atomic mass is 32.5. The molecule has 9 heteroatoms. The number of ether oxygens (including phenoxy) is 1. The van der Waals surface area contributed by atoms with Crippen molar-refractivity contribution in [3.63, 3.8) is 0 Å². The van der Waals surface area contributed by atoms with Crippen LogP contribution in [0, 0.1) is 0 Å². The zero-order valence-corrected chi connectivity index (χ0v) is 11.0. The molecule has 0 spiro atoms. The van der Waals surface area contributed by atoms with Gasteiger partial charge in [0.25, 0.3) is 0 Å². The van der Waals surface area contributed by atoms with Crippen LogP contribution < -0.4 is 8.92 Å². The van der Waals surface area contributed by atoms with Crippen molar-refractivity contribution in [2.24, 2.45) is 0 Å². The van der Waals surface area contributed by atoms with Crippen molar-refractivity contribution >= 4 is 10.5 Å². The molecule has 0 aliphatic rings. The van der Waals surface area contributed by atoms with Crippen LogP contribution >= 0.6 is 10.5 Å². The number of aromatic hydroxyl groups is 1. The van der Waals surface area contributed by atoms with E-state index in [2.05, 4.69) is 4.18 Å². The van der Waals surface area contributed by atoms with Crippen LogP contribution in [0.2, 0.25) is 0 Å². The molecule has 0 bridgehead atoms. The molecule has 116 valence electrons. The number of hydrogen-bond donors (Lipinski definition) is 1. The lowest BCUT2D eigenvalue weighted by molar-refractivity contribution is 0.243. The second-order valence-corrected chi connectivity index (χ2v) is 6.02. The molecule has 0 aliphatic heterocycles. The van der Waals surface area contributed by atoms with Crippen molar-refractivity contribution in [2.45, 2.75) is 0 Å². The standard InChI is InChI=1S/C12H9F5O3S/c13-21(14,15,16,17)20-12-3-1-2-11(8-12)19-10-6-4-9(18)5-7-10/h1-8,18H. The van der Waals surface area contributed by atoms with Gasteiger partial charge in [0.15, 0.2) is 0 Å². The molecule has 3 nitrogen and oxygen atoms in total. The van der Waals surface area contributed by atoms with Gasteiger partial charge in [0, 0.05) is 6.07 Å². The second kappa shape index (κ2) is 4.17. The van der Waals surface area contributed by atoms with E-state index in [9.17, 15) is 19.4 Å². The number of phenolic OH excluding ortho intramolecular Hbond substituents is 1. The summed E-state index contributed by atoms with van der Waals surface area (Å²) >= 11 is 0. The lowest BCUT2D eigenvalue weighted by atomic mass is 10.3. The van der Waals surface area contributed by atoms with E-state index in [0.29, 0.717) is 6.07 Å². The molecule has 21 heavy (non-hydrogen) atoms. The molecule has 2 rings (SSSR count). The van der Waals surface area contributed by atoms with Gasteiger partial charge in [-0.05, 0) is 36.4 Å². The predicted octanol–water partition coefficient (Wildman–Crippen LogP) is 5.78. The molecule has 1 N–H and O–H groups in total. The maximum atomic E-state index is 12.2. The molecular weight excluding hydrogens is 319 g/mol. The Bertz CT molecular complexity index is 655. The molecule has 0 atom stereocenters. The molecule has 2 aromatic carbocycles. The third kappa shape index (κ3) is 5.38. The van der Waals surface area contributed by atoms with Gasteiger partial charge in [-0.1, -0.05) is 25.5 Å². The van der Waals surface area contributed by atoms with E-state index in [1.807, 2.05) is 0 Å². The molecule has 0 radical (unpaired) electrons. The average molecular weight is 328 g/mol. The first kappa shape index (κ1) is 15.2. The summed E-state index contributed by atoms with van der Waals surface area (Å²) in [6, 6.07) is 9.07. The number of hydrogen-bond acceptors (Lipinski definition) is 3. The van der Waals surface area contributed by atoms with Gasteiger partial charge in [0.05, 0.1) is 0 Å². The Balaban J connectivity index is 2.21. The molecule has 0 amide bonds. The molecule has 2 aromatic rings. The normalized spacial score (nSPS) is 14.9. The van der Waals surface area contributed by atoms with Crippen LogP contribution in [0.4, 0.5) is 19.4 Å². The van der Waals surface area contributed by atoms with Crippen molar-refractivity contribution in [2.75, 3.05) is 0 Å². The summed E-state index contributed by atoms with van der Waals surface area (Å²) in [5.41, 5.74) is 0. The minimum atomic E-state index is -10.0. The highest BCUT2D eigenvalue weighted by molar-refractivity contribution is 8.42. The van der Waals surface area contributed by atoms with E-state index in [0.717, 1.165) is 12.1 Å². The molecule has 0 aliphatic carbocycles. The molecule has 0 saturated heterocycles. The lowest BCUT2D eigenvalue weighted by Gasteiger charge is -2.39. The highest BCUT2D eigenvalue weighted by Crippen LogP contribution is 2.97.